The van der Waals surface area contributed by atoms with E-state index in [0.29, 0.717) is 5.56 Å². The molecule has 0 saturated carbocycles. The van der Waals surface area contributed by atoms with Gasteiger partial charge in [-0.05, 0) is 29.3 Å². The van der Waals surface area contributed by atoms with Crippen LogP contribution in [0.15, 0.2) is 77.7 Å². The van der Waals surface area contributed by atoms with Crippen LogP contribution in [0, 0.1) is 5.82 Å². The van der Waals surface area contributed by atoms with Crippen LogP contribution in [0.5, 0.6) is 0 Å². The molecule has 3 aromatic carbocycles. The summed E-state index contributed by atoms with van der Waals surface area (Å²) in [5.41, 5.74) is 1.60. The molecule has 0 aliphatic rings. The van der Waals surface area contributed by atoms with Crippen LogP contribution < -0.4 is 5.14 Å². The van der Waals surface area contributed by atoms with Crippen LogP contribution in [0.1, 0.15) is 20.7 Å². The molecule has 148 valence electrons. The van der Waals surface area contributed by atoms with E-state index in [2.05, 4.69) is 0 Å². The van der Waals surface area contributed by atoms with Crippen LogP contribution in [-0.2, 0) is 14.8 Å². The maximum atomic E-state index is 13.8. The number of benzene rings is 3. The van der Waals surface area contributed by atoms with Crippen molar-refractivity contribution in [1.82, 2.24) is 0 Å². The van der Waals surface area contributed by atoms with E-state index in [9.17, 15) is 22.4 Å². The highest BCUT2D eigenvalue weighted by Crippen LogP contribution is 2.20. The molecule has 0 fully saturated rings. The van der Waals surface area contributed by atoms with Gasteiger partial charge in [-0.1, -0.05) is 54.6 Å². The summed E-state index contributed by atoms with van der Waals surface area (Å²) >= 11 is 0. The molecule has 0 bridgehead atoms. The Hall–Kier alpha value is -3.36. The minimum Gasteiger partial charge on any atom is -0.454 e. The number of esters is 1. The third-order valence-electron chi connectivity index (χ3n) is 4.13. The molecule has 0 saturated heterocycles. The predicted molar refractivity (Wildman–Crippen MR) is 104 cm³/mol. The van der Waals surface area contributed by atoms with Crippen LogP contribution in [-0.4, -0.2) is 26.8 Å². The van der Waals surface area contributed by atoms with E-state index in [1.165, 1.54) is 0 Å². The Balaban J connectivity index is 1.69. The van der Waals surface area contributed by atoms with Crippen molar-refractivity contribution < 1.29 is 27.1 Å². The Labute approximate surface area is 166 Å². The predicted octanol–water partition coefficient (Wildman–Crippen LogP) is 3.18. The lowest BCUT2D eigenvalue weighted by atomic mass is 10.0. The summed E-state index contributed by atoms with van der Waals surface area (Å²) in [5.74, 6) is -2.63. The van der Waals surface area contributed by atoms with Crippen molar-refractivity contribution >= 4 is 21.8 Å². The molecule has 0 amide bonds. The summed E-state index contributed by atoms with van der Waals surface area (Å²) in [6.07, 6.45) is 0. The molecular formula is C21H16FNO5S. The molecule has 6 nitrogen and oxygen atoms in total. The zero-order valence-electron chi connectivity index (χ0n) is 15.0. The van der Waals surface area contributed by atoms with Crippen molar-refractivity contribution in [2.75, 3.05) is 6.61 Å². The maximum Gasteiger partial charge on any atom is 0.341 e. The number of rotatable bonds is 6. The fourth-order valence-electron chi connectivity index (χ4n) is 2.61. The Morgan fingerprint density at radius 1 is 0.897 bits per heavy atom. The number of primary sulfonamides is 1. The highest BCUT2D eigenvalue weighted by molar-refractivity contribution is 7.89. The van der Waals surface area contributed by atoms with Crippen LogP contribution in [0.25, 0.3) is 11.1 Å². The molecule has 2 N–H and O–H groups in total. The first-order valence-corrected chi connectivity index (χ1v) is 9.98. The number of carbonyl (C=O) groups excluding carboxylic acids is 2. The summed E-state index contributed by atoms with van der Waals surface area (Å²) in [4.78, 5) is 23.9. The van der Waals surface area contributed by atoms with Gasteiger partial charge in [-0.25, -0.2) is 22.7 Å². The number of hydrogen-bond donors (Lipinski definition) is 1. The zero-order valence-corrected chi connectivity index (χ0v) is 15.9. The summed E-state index contributed by atoms with van der Waals surface area (Å²) in [5, 5.41) is 4.97. The van der Waals surface area contributed by atoms with Crippen LogP contribution in [0.3, 0.4) is 0 Å². The Morgan fingerprint density at radius 2 is 1.52 bits per heavy atom. The van der Waals surface area contributed by atoms with Crippen molar-refractivity contribution in [2.45, 2.75) is 4.90 Å². The number of sulfonamides is 1. The summed E-state index contributed by atoms with van der Waals surface area (Å²) in [6, 6.07) is 18.8. The number of hydrogen-bond acceptors (Lipinski definition) is 5. The lowest BCUT2D eigenvalue weighted by Crippen LogP contribution is -2.17. The lowest BCUT2D eigenvalue weighted by Gasteiger charge is -2.07. The fraction of sp³-hybridized carbons (Fsp3) is 0.0476. The van der Waals surface area contributed by atoms with Gasteiger partial charge in [0.05, 0.1) is 10.5 Å². The van der Waals surface area contributed by atoms with Crippen LogP contribution >= 0.6 is 0 Å². The molecule has 0 unspecified atom stereocenters. The molecule has 8 heteroatoms. The largest absolute Gasteiger partial charge is 0.454 e. The second-order valence-corrected chi connectivity index (χ2v) is 7.69. The Kier molecular flexibility index (Phi) is 5.86. The van der Waals surface area contributed by atoms with Crippen molar-refractivity contribution in [3.05, 3.63) is 89.7 Å². The maximum absolute atomic E-state index is 13.8. The lowest BCUT2D eigenvalue weighted by molar-refractivity contribution is 0.0470. The van der Waals surface area contributed by atoms with Crippen LogP contribution in [0.4, 0.5) is 4.39 Å². The van der Waals surface area contributed by atoms with Gasteiger partial charge in [-0.2, -0.15) is 0 Å². The Morgan fingerprint density at radius 3 is 2.14 bits per heavy atom. The average Bonchev–Trinajstić information content (AvgIpc) is 2.72. The molecule has 29 heavy (non-hydrogen) atoms. The highest BCUT2D eigenvalue weighted by Gasteiger charge is 2.19. The first-order chi connectivity index (χ1) is 13.8. The molecule has 0 atom stereocenters. The number of nitrogens with two attached hydrogens (primary N) is 1. The molecule has 3 aromatic rings. The van der Waals surface area contributed by atoms with Gasteiger partial charge in [0.15, 0.2) is 12.4 Å². The first-order valence-electron chi connectivity index (χ1n) is 8.44. The summed E-state index contributed by atoms with van der Waals surface area (Å²) in [7, 11) is -4.12. The highest BCUT2D eigenvalue weighted by atomic mass is 32.2. The summed E-state index contributed by atoms with van der Waals surface area (Å²) < 4.78 is 41.4. The number of Topliss-reactive ketones (excluding diaryl/α,β-unsaturated/α-hetero) is 1. The number of carbonyl (C=O) groups is 2. The molecule has 0 aromatic heterocycles. The minimum atomic E-state index is -4.12. The van der Waals surface area contributed by atoms with Gasteiger partial charge in [0.1, 0.15) is 5.82 Å². The second kappa shape index (κ2) is 8.34. The SMILES string of the molecule is NS(=O)(=O)c1ccc(F)c(C(=O)OCC(=O)c2ccc(-c3ccccc3)cc2)c1. The van der Waals surface area contributed by atoms with Gasteiger partial charge in [0.25, 0.3) is 0 Å². The van der Waals surface area contributed by atoms with E-state index in [0.717, 1.165) is 29.3 Å². The van der Waals surface area contributed by atoms with Gasteiger partial charge in [-0.3, -0.25) is 4.79 Å². The number of halogens is 1. The van der Waals surface area contributed by atoms with E-state index in [1.54, 1.807) is 24.3 Å². The zero-order chi connectivity index (χ0) is 21.0. The van der Waals surface area contributed by atoms with Crippen molar-refractivity contribution in [2.24, 2.45) is 5.14 Å². The van der Waals surface area contributed by atoms with E-state index in [4.69, 9.17) is 9.88 Å². The van der Waals surface area contributed by atoms with Crippen molar-refractivity contribution in [3.8, 4) is 11.1 Å². The van der Waals surface area contributed by atoms with Gasteiger partial charge in [0.2, 0.25) is 10.0 Å². The topological polar surface area (TPSA) is 104 Å². The molecule has 0 spiro atoms. The monoisotopic (exact) mass is 413 g/mol. The normalized spacial score (nSPS) is 11.1. The number of ether oxygens (including phenoxy) is 1. The fourth-order valence-corrected chi connectivity index (χ4v) is 3.15. The molecule has 0 radical (unpaired) electrons. The van der Waals surface area contributed by atoms with E-state index < -0.39 is 44.7 Å². The first kappa shape index (κ1) is 20.4. The smallest absolute Gasteiger partial charge is 0.341 e. The quantitative estimate of drug-likeness (QED) is 0.494. The van der Waals surface area contributed by atoms with E-state index in [1.807, 2.05) is 30.3 Å². The standard InChI is InChI=1S/C21H16FNO5S/c22-19-11-10-17(29(23,26)27)12-18(19)21(25)28-13-20(24)16-8-6-15(7-9-16)14-4-2-1-3-5-14/h1-12H,13H2,(H2,23,26,27). The second-order valence-electron chi connectivity index (χ2n) is 6.13. The molecule has 0 aliphatic heterocycles. The van der Waals surface area contributed by atoms with Gasteiger partial charge >= 0.3 is 5.97 Å². The third kappa shape index (κ3) is 4.92. The van der Waals surface area contributed by atoms with Crippen LogP contribution in [0.2, 0.25) is 0 Å². The van der Waals surface area contributed by atoms with E-state index >= 15 is 0 Å². The molecular weight excluding hydrogens is 397 g/mol. The number of ketones is 1. The van der Waals surface area contributed by atoms with Crippen molar-refractivity contribution in [1.29, 1.82) is 0 Å². The molecule has 0 aliphatic carbocycles. The average molecular weight is 413 g/mol. The Bertz CT molecular complexity index is 1160. The molecule has 3 rings (SSSR count). The van der Waals surface area contributed by atoms with Gasteiger partial charge < -0.3 is 4.74 Å². The van der Waals surface area contributed by atoms with Gasteiger partial charge in [0, 0.05) is 5.56 Å². The summed E-state index contributed by atoms with van der Waals surface area (Å²) in [6.45, 7) is -0.622. The minimum absolute atomic E-state index is 0.316. The van der Waals surface area contributed by atoms with Gasteiger partial charge in [-0.15, -0.1) is 0 Å². The molecule has 0 heterocycles. The van der Waals surface area contributed by atoms with Crippen molar-refractivity contribution in [3.63, 3.8) is 0 Å². The van der Waals surface area contributed by atoms with E-state index in [-0.39, 0.29) is 0 Å². The third-order valence-corrected chi connectivity index (χ3v) is 5.05.